The van der Waals surface area contributed by atoms with Gasteiger partial charge in [-0.3, -0.25) is 4.79 Å². The lowest BCUT2D eigenvalue weighted by atomic mass is 10.0. The smallest absolute Gasteiger partial charge is 0.254 e. The van der Waals surface area contributed by atoms with Crippen molar-refractivity contribution in [3.8, 4) is 0 Å². The van der Waals surface area contributed by atoms with E-state index in [0.29, 0.717) is 5.56 Å². The van der Waals surface area contributed by atoms with Gasteiger partial charge in [-0.2, -0.15) is 0 Å². The van der Waals surface area contributed by atoms with E-state index in [0.717, 1.165) is 6.54 Å². The van der Waals surface area contributed by atoms with E-state index in [2.05, 4.69) is 11.5 Å². The summed E-state index contributed by atoms with van der Waals surface area (Å²) in [4.78, 5) is 11.2. The first-order valence-electron chi connectivity index (χ1n) is 10.0. The van der Waals surface area contributed by atoms with Crippen molar-refractivity contribution < 1.29 is 9.36 Å². The number of amides is 1. The molecule has 24 heavy (non-hydrogen) atoms. The highest BCUT2D eigenvalue weighted by Gasteiger charge is 2.06. The molecule has 136 valence electrons. The first-order valence-corrected chi connectivity index (χ1v) is 10.0. The maximum absolute atomic E-state index is 11.2. The summed E-state index contributed by atoms with van der Waals surface area (Å²) in [6, 6.07) is 3.66. The molecule has 0 bridgehead atoms. The van der Waals surface area contributed by atoms with Crippen molar-refractivity contribution in [3.63, 3.8) is 0 Å². The van der Waals surface area contributed by atoms with Crippen LogP contribution < -0.4 is 10.3 Å². The first-order chi connectivity index (χ1) is 11.7. The Labute approximate surface area is 148 Å². The van der Waals surface area contributed by atoms with Crippen LogP contribution in [0.5, 0.6) is 0 Å². The fourth-order valence-corrected chi connectivity index (χ4v) is 3.12. The van der Waals surface area contributed by atoms with E-state index >= 15 is 0 Å². The summed E-state index contributed by atoms with van der Waals surface area (Å²) >= 11 is 0. The molecule has 1 heterocycles. The molecular formula is C21H37N2O+. The van der Waals surface area contributed by atoms with E-state index in [-0.39, 0.29) is 5.91 Å². The molecule has 0 atom stereocenters. The van der Waals surface area contributed by atoms with Gasteiger partial charge in [-0.15, -0.1) is 0 Å². The zero-order valence-corrected chi connectivity index (χ0v) is 15.6. The number of hydrogen-bond donors (Lipinski definition) is 1. The number of aromatic nitrogens is 1. The minimum atomic E-state index is -0.352. The van der Waals surface area contributed by atoms with Gasteiger partial charge in [0, 0.05) is 12.5 Å². The number of primary amides is 1. The predicted molar refractivity (Wildman–Crippen MR) is 101 cm³/mol. The second kappa shape index (κ2) is 14.0. The Morgan fingerprint density at radius 1 is 0.875 bits per heavy atom. The van der Waals surface area contributed by atoms with Gasteiger partial charge >= 0.3 is 0 Å². The van der Waals surface area contributed by atoms with Crippen molar-refractivity contribution in [2.45, 2.75) is 96.9 Å². The minimum absolute atomic E-state index is 0.352. The number of hydrogen-bond acceptors (Lipinski definition) is 1. The van der Waals surface area contributed by atoms with E-state index in [4.69, 9.17) is 5.73 Å². The molecule has 1 rings (SSSR count). The fraction of sp³-hybridized carbons (Fsp3) is 0.714. The first kappa shape index (κ1) is 20.7. The Balaban J connectivity index is 1.90. The minimum Gasteiger partial charge on any atom is -0.365 e. The van der Waals surface area contributed by atoms with Gasteiger partial charge < -0.3 is 5.73 Å². The lowest BCUT2D eigenvalue weighted by molar-refractivity contribution is -0.697. The summed E-state index contributed by atoms with van der Waals surface area (Å²) in [5.41, 5.74) is 5.89. The lowest BCUT2D eigenvalue weighted by Crippen LogP contribution is -2.34. The topological polar surface area (TPSA) is 47.0 Å². The van der Waals surface area contributed by atoms with Gasteiger partial charge in [-0.25, -0.2) is 4.57 Å². The van der Waals surface area contributed by atoms with Crippen molar-refractivity contribution >= 4 is 5.91 Å². The molecule has 0 unspecified atom stereocenters. The lowest BCUT2D eigenvalue weighted by Gasteiger charge is -2.02. The van der Waals surface area contributed by atoms with Gasteiger partial charge in [0.05, 0.1) is 0 Å². The summed E-state index contributed by atoms with van der Waals surface area (Å²) < 4.78 is 2.07. The molecule has 2 N–H and O–H groups in total. The summed E-state index contributed by atoms with van der Waals surface area (Å²) in [6.07, 6.45) is 21.7. The molecule has 3 nitrogen and oxygen atoms in total. The van der Waals surface area contributed by atoms with E-state index in [1.54, 1.807) is 6.07 Å². The molecule has 1 amide bonds. The van der Waals surface area contributed by atoms with Crippen LogP contribution in [0.3, 0.4) is 0 Å². The Hall–Kier alpha value is -1.38. The summed E-state index contributed by atoms with van der Waals surface area (Å²) in [7, 11) is 0. The summed E-state index contributed by atoms with van der Waals surface area (Å²) in [5.74, 6) is -0.352. The predicted octanol–water partition coefficient (Wildman–Crippen LogP) is 5.16. The maximum atomic E-state index is 11.2. The number of aryl methyl sites for hydroxylation is 1. The molecule has 0 radical (unpaired) electrons. The quantitative estimate of drug-likeness (QED) is 0.349. The van der Waals surface area contributed by atoms with Gasteiger partial charge in [0.25, 0.3) is 5.91 Å². The van der Waals surface area contributed by atoms with E-state index in [1.165, 1.54) is 83.5 Å². The van der Waals surface area contributed by atoms with Gasteiger partial charge in [-0.05, 0) is 12.5 Å². The number of carbonyl (C=O) groups is 1. The fourth-order valence-electron chi connectivity index (χ4n) is 3.12. The Kier molecular flexibility index (Phi) is 12.1. The molecule has 0 aliphatic rings. The third-order valence-corrected chi connectivity index (χ3v) is 4.66. The molecule has 0 saturated carbocycles. The zero-order valence-electron chi connectivity index (χ0n) is 15.6. The Bertz CT molecular complexity index is 445. The second-order valence-corrected chi connectivity index (χ2v) is 6.94. The number of nitrogens with two attached hydrogens (primary N) is 1. The van der Waals surface area contributed by atoms with Crippen LogP contribution in [0.1, 0.15) is 101 Å². The molecule has 0 spiro atoms. The normalized spacial score (nSPS) is 10.9. The summed E-state index contributed by atoms with van der Waals surface area (Å²) in [6.45, 7) is 3.25. The van der Waals surface area contributed by atoms with Crippen LogP contribution in [0, 0.1) is 0 Å². The largest absolute Gasteiger partial charge is 0.365 e. The molecular weight excluding hydrogens is 296 g/mol. The van der Waals surface area contributed by atoms with Gasteiger partial charge in [0.1, 0.15) is 12.1 Å². The van der Waals surface area contributed by atoms with E-state index in [1.807, 2.05) is 18.5 Å². The maximum Gasteiger partial charge on any atom is 0.254 e. The third kappa shape index (κ3) is 10.4. The van der Waals surface area contributed by atoms with Crippen LogP contribution in [-0.2, 0) is 6.54 Å². The number of pyridine rings is 1. The second-order valence-electron chi connectivity index (χ2n) is 6.94. The van der Waals surface area contributed by atoms with Gasteiger partial charge in [0.2, 0.25) is 0 Å². The number of rotatable bonds is 15. The van der Waals surface area contributed by atoms with Crippen molar-refractivity contribution in [2.75, 3.05) is 0 Å². The van der Waals surface area contributed by atoms with Crippen LogP contribution in [0.4, 0.5) is 0 Å². The average molecular weight is 334 g/mol. The van der Waals surface area contributed by atoms with Crippen LogP contribution in [0.2, 0.25) is 0 Å². The van der Waals surface area contributed by atoms with Crippen LogP contribution >= 0.6 is 0 Å². The SMILES string of the molecule is CCCCCCCCCCCCCCC[n+]1cccc(C(N)=O)c1. The molecule has 0 saturated heterocycles. The molecule has 1 aromatic heterocycles. The van der Waals surface area contributed by atoms with Crippen molar-refractivity contribution in [2.24, 2.45) is 5.73 Å². The van der Waals surface area contributed by atoms with E-state index < -0.39 is 0 Å². The molecule has 0 aliphatic carbocycles. The molecule has 0 fully saturated rings. The van der Waals surface area contributed by atoms with Gasteiger partial charge in [0.15, 0.2) is 12.4 Å². The highest BCUT2D eigenvalue weighted by molar-refractivity contribution is 5.92. The van der Waals surface area contributed by atoms with Crippen LogP contribution in [0.25, 0.3) is 0 Å². The molecule has 1 aromatic rings. The standard InChI is InChI=1S/C21H36N2O/c1-2-3-4-5-6-7-8-9-10-11-12-13-14-17-23-18-15-16-20(19-23)21(22)24/h15-16,18-19H,2-14,17H2,1H3,(H-,22,24)/p+1. The number of unbranched alkanes of at least 4 members (excludes halogenated alkanes) is 12. The monoisotopic (exact) mass is 333 g/mol. The van der Waals surface area contributed by atoms with Crippen molar-refractivity contribution in [3.05, 3.63) is 30.1 Å². The highest BCUT2D eigenvalue weighted by atomic mass is 16.1. The number of nitrogens with zero attached hydrogens (tertiary/aromatic N) is 1. The highest BCUT2D eigenvalue weighted by Crippen LogP contribution is 2.12. The van der Waals surface area contributed by atoms with Crippen molar-refractivity contribution in [1.82, 2.24) is 0 Å². The van der Waals surface area contributed by atoms with Gasteiger partial charge in [-0.1, -0.05) is 77.6 Å². The molecule has 0 aromatic carbocycles. The van der Waals surface area contributed by atoms with Crippen LogP contribution in [-0.4, -0.2) is 5.91 Å². The number of carbonyl (C=O) groups excluding carboxylic acids is 1. The third-order valence-electron chi connectivity index (χ3n) is 4.66. The summed E-state index contributed by atoms with van der Waals surface area (Å²) in [5, 5.41) is 0. The molecule has 0 aliphatic heterocycles. The van der Waals surface area contributed by atoms with Crippen molar-refractivity contribution in [1.29, 1.82) is 0 Å². The zero-order chi connectivity index (χ0) is 17.5. The molecule has 3 heteroatoms. The Morgan fingerprint density at radius 2 is 1.38 bits per heavy atom. The van der Waals surface area contributed by atoms with Crippen LogP contribution in [0.15, 0.2) is 24.5 Å². The Morgan fingerprint density at radius 3 is 1.88 bits per heavy atom. The van der Waals surface area contributed by atoms with E-state index in [9.17, 15) is 4.79 Å². The average Bonchev–Trinajstić information content (AvgIpc) is 2.59.